The first-order valence-corrected chi connectivity index (χ1v) is 7.66. The predicted octanol–water partition coefficient (Wildman–Crippen LogP) is 0.910. The van der Waals surface area contributed by atoms with Crippen molar-refractivity contribution in [1.29, 1.82) is 0 Å². The zero-order valence-electron chi connectivity index (χ0n) is 13.4. The van der Waals surface area contributed by atoms with Crippen LogP contribution in [0.4, 0.5) is 0 Å². The average Bonchev–Trinajstić information content (AvgIpc) is 3.03. The minimum absolute atomic E-state index is 0.114. The molecule has 7 heteroatoms. The third-order valence-corrected chi connectivity index (χ3v) is 4.15. The topological polar surface area (TPSA) is 83.1 Å². The summed E-state index contributed by atoms with van der Waals surface area (Å²) in [6.07, 6.45) is 2.53. The lowest BCUT2D eigenvalue weighted by Crippen LogP contribution is -2.35. The van der Waals surface area contributed by atoms with E-state index in [1.165, 1.54) is 0 Å². The van der Waals surface area contributed by atoms with Gasteiger partial charge in [-0.25, -0.2) is 0 Å². The summed E-state index contributed by atoms with van der Waals surface area (Å²) in [5, 5.41) is 10.5. The number of fused-ring (bicyclic) bond motifs is 1. The lowest BCUT2D eigenvalue weighted by molar-refractivity contribution is 0.0588. The number of carbonyl (C=O) groups excluding carboxylic acids is 1. The summed E-state index contributed by atoms with van der Waals surface area (Å²) in [7, 11) is 3.39. The van der Waals surface area contributed by atoms with Gasteiger partial charge in [-0.1, -0.05) is 6.07 Å². The monoisotopic (exact) mass is 315 g/mol. The molecule has 0 saturated carbocycles. The standard InChI is InChI=1S/C16H21N5O2/c1-21(14(10-23-2)12-5-3-4-7-18-12)16(22)15-11-6-8-17-9-13(11)19-20-15/h3-5,7,14,17H,6,8-10H2,1-2H3,(H,19,20). The van der Waals surface area contributed by atoms with Gasteiger partial charge in [0.05, 0.1) is 24.0 Å². The second-order valence-electron chi connectivity index (χ2n) is 5.60. The molecule has 1 atom stereocenters. The normalized spacial score (nSPS) is 15.0. The van der Waals surface area contributed by atoms with Gasteiger partial charge in [-0.2, -0.15) is 5.10 Å². The lowest BCUT2D eigenvalue weighted by Gasteiger charge is -2.27. The number of H-pyrrole nitrogens is 1. The second kappa shape index (κ2) is 6.89. The summed E-state index contributed by atoms with van der Waals surface area (Å²) in [4.78, 5) is 18.9. The molecule has 0 spiro atoms. The number of pyridine rings is 1. The first kappa shape index (κ1) is 15.6. The van der Waals surface area contributed by atoms with Gasteiger partial charge in [0.15, 0.2) is 5.69 Å². The van der Waals surface area contributed by atoms with E-state index >= 15 is 0 Å². The van der Waals surface area contributed by atoms with Crippen LogP contribution in [0.15, 0.2) is 24.4 Å². The molecule has 0 aromatic carbocycles. The van der Waals surface area contributed by atoms with Crippen LogP contribution in [0.2, 0.25) is 0 Å². The molecule has 3 heterocycles. The van der Waals surface area contributed by atoms with E-state index in [0.717, 1.165) is 36.5 Å². The molecule has 0 bridgehead atoms. The molecule has 2 N–H and O–H groups in total. The number of carbonyl (C=O) groups is 1. The number of hydrogen-bond acceptors (Lipinski definition) is 5. The van der Waals surface area contributed by atoms with Gasteiger partial charge in [0.1, 0.15) is 0 Å². The summed E-state index contributed by atoms with van der Waals surface area (Å²) < 4.78 is 5.29. The van der Waals surface area contributed by atoms with Crippen LogP contribution in [0.5, 0.6) is 0 Å². The molecule has 2 aromatic rings. The third-order valence-electron chi connectivity index (χ3n) is 4.15. The smallest absolute Gasteiger partial charge is 0.275 e. The molecule has 1 aliphatic heterocycles. The number of nitrogens with one attached hydrogen (secondary N) is 2. The molecule has 2 aromatic heterocycles. The number of likely N-dealkylation sites (N-methyl/N-ethyl adjacent to an activating group) is 1. The Balaban J connectivity index is 1.86. The Bertz CT molecular complexity index is 670. The maximum Gasteiger partial charge on any atom is 0.275 e. The molecule has 7 nitrogen and oxygen atoms in total. The predicted molar refractivity (Wildman–Crippen MR) is 84.9 cm³/mol. The highest BCUT2D eigenvalue weighted by Gasteiger charge is 2.29. The Morgan fingerprint density at radius 2 is 2.35 bits per heavy atom. The van der Waals surface area contributed by atoms with E-state index in [4.69, 9.17) is 4.74 Å². The molecule has 122 valence electrons. The fraction of sp³-hybridized carbons (Fsp3) is 0.438. The van der Waals surface area contributed by atoms with Crippen LogP contribution in [-0.2, 0) is 17.7 Å². The van der Waals surface area contributed by atoms with E-state index in [0.29, 0.717) is 12.3 Å². The highest BCUT2D eigenvalue weighted by atomic mass is 16.5. The molecule has 1 amide bonds. The van der Waals surface area contributed by atoms with E-state index in [1.54, 1.807) is 25.3 Å². The minimum Gasteiger partial charge on any atom is -0.382 e. The van der Waals surface area contributed by atoms with Crippen LogP contribution in [0.25, 0.3) is 0 Å². The maximum absolute atomic E-state index is 12.9. The van der Waals surface area contributed by atoms with Crippen molar-refractivity contribution >= 4 is 5.91 Å². The van der Waals surface area contributed by atoms with Crippen molar-refractivity contribution in [3.63, 3.8) is 0 Å². The summed E-state index contributed by atoms with van der Waals surface area (Å²) in [6, 6.07) is 5.41. The molecule has 0 radical (unpaired) electrons. The summed E-state index contributed by atoms with van der Waals surface area (Å²) in [5.74, 6) is -0.114. The zero-order chi connectivity index (χ0) is 16.2. The number of methoxy groups -OCH3 is 1. The number of rotatable bonds is 5. The van der Waals surface area contributed by atoms with E-state index < -0.39 is 0 Å². The first-order chi connectivity index (χ1) is 11.2. The number of hydrogen-bond donors (Lipinski definition) is 2. The van der Waals surface area contributed by atoms with Gasteiger partial charge in [-0.3, -0.25) is 14.9 Å². The summed E-state index contributed by atoms with van der Waals surface area (Å²) >= 11 is 0. The number of amides is 1. The van der Waals surface area contributed by atoms with Crippen LogP contribution in [0.3, 0.4) is 0 Å². The van der Waals surface area contributed by atoms with E-state index in [2.05, 4.69) is 20.5 Å². The van der Waals surface area contributed by atoms with Gasteiger partial charge in [0.2, 0.25) is 0 Å². The molecule has 0 saturated heterocycles. The third kappa shape index (κ3) is 3.11. The fourth-order valence-electron chi connectivity index (χ4n) is 2.86. The molecule has 0 aliphatic carbocycles. The molecule has 3 rings (SSSR count). The number of ether oxygens (including phenoxy) is 1. The minimum atomic E-state index is -0.247. The number of aromatic amines is 1. The largest absolute Gasteiger partial charge is 0.382 e. The Hall–Kier alpha value is -2.25. The highest BCUT2D eigenvalue weighted by molar-refractivity contribution is 5.94. The first-order valence-electron chi connectivity index (χ1n) is 7.66. The quantitative estimate of drug-likeness (QED) is 0.857. The van der Waals surface area contributed by atoms with Crippen molar-refractivity contribution in [3.8, 4) is 0 Å². The van der Waals surface area contributed by atoms with Gasteiger partial charge in [-0.05, 0) is 25.1 Å². The molecule has 1 aliphatic rings. The Kier molecular flexibility index (Phi) is 4.68. The average molecular weight is 315 g/mol. The Labute approximate surface area is 135 Å². The van der Waals surface area contributed by atoms with Crippen molar-refractivity contribution in [2.24, 2.45) is 0 Å². The molecular formula is C16H21N5O2. The summed E-state index contributed by atoms with van der Waals surface area (Å²) in [6.45, 7) is 1.97. The van der Waals surface area contributed by atoms with Gasteiger partial charge in [0, 0.05) is 32.5 Å². The second-order valence-corrected chi connectivity index (χ2v) is 5.60. The van der Waals surface area contributed by atoms with Gasteiger partial charge >= 0.3 is 0 Å². The van der Waals surface area contributed by atoms with Crippen molar-refractivity contribution < 1.29 is 9.53 Å². The van der Waals surface area contributed by atoms with Gasteiger partial charge < -0.3 is 15.0 Å². The van der Waals surface area contributed by atoms with Crippen molar-refractivity contribution in [3.05, 3.63) is 47.0 Å². The Morgan fingerprint density at radius 1 is 1.48 bits per heavy atom. The van der Waals surface area contributed by atoms with Crippen LogP contribution < -0.4 is 5.32 Å². The van der Waals surface area contributed by atoms with Crippen LogP contribution in [0.1, 0.15) is 33.5 Å². The van der Waals surface area contributed by atoms with Crippen molar-refractivity contribution in [2.45, 2.75) is 19.0 Å². The maximum atomic E-state index is 12.9. The van der Waals surface area contributed by atoms with Crippen molar-refractivity contribution in [2.75, 3.05) is 27.3 Å². The fourth-order valence-corrected chi connectivity index (χ4v) is 2.86. The van der Waals surface area contributed by atoms with Gasteiger partial charge in [0.25, 0.3) is 5.91 Å². The molecular weight excluding hydrogens is 294 g/mol. The van der Waals surface area contributed by atoms with E-state index in [1.807, 2.05) is 18.2 Å². The zero-order valence-corrected chi connectivity index (χ0v) is 13.4. The number of aromatic nitrogens is 3. The van der Waals surface area contributed by atoms with E-state index in [-0.39, 0.29) is 11.9 Å². The highest BCUT2D eigenvalue weighted by Crippen LogP contribution is 2.22. The SMILES string of the molecule is COCC(c1ccccn1)N(C)C(=O)c1n[nH]c2c1CCNC2. The van der Waals surface area contributed by atoms with Crippen LogP contribution >= 0.6 is 0 Å². The summed E-state index contributed by atoms with van der Waals surface area (Å²) in [5.41, 5.74) is 3.31. The molecule has 1 unspecified atom stereocenters. The van der Waals surface area contributed by atoms with Crippen LogP contribution in [0, 0.1) is 0 Å². The Morgan fingerprint density at radius 3 is 3.09 bits per heavy atom. The molecule has 0 fully saturated rings. The molecule has 23 heavy (non-hydrogen) atoms. The number of nitrogens with zero attached hydrogens (tertiary/aromatic N) is 3. The van der Waals surface area contributed by atoms with Gasteiger partial charge in [-0.15, -0.1) is 0 Å². The lowest BCUT2D eigenvalue weighted by atomic mass is 10.0. The van der Waals surface area contributed by atoms with Crippen LogP contribution in [-0.4, -0.2) is 53.3 Å². The van der Waals surface area contributed by atoms with E-state index in [9.17, 15) is 4.79 Å². The van der Waals surface area contributed by atoms with Crippen molar-refractivity contribution in [1.82, 2.24) is 25.4 Å².